The molecular formula is C11H16ClN3O4S. The predicted octanol–water partition coefficient (Wildman–Crippen LogP) is 0.470. The molecular weight excluding hydrogens is 306 g/mol. The molecule has 1 aromatic heterocycles. The van der Waals surface area contributed by atoms with Crippen molar-refractivity contribution in [3.63, 3.8) is 0 Å². The molecule has 1 aliphatic heterocycles. The van der Waals surface area contributed by atoms with E-state index >= 15 is 0 Å². The number of sulfonamides is 1. The van der Waals surface area contributed by atoms with E-state index in [0.29, 0.717) is 25.6 Å². The number of anilines is 1. The average Bonchev–Trinajstić information content (AvgIpc) is 2.46. The molecule has 0 aromatic carbocycles. The SMILES string of the molecule is CNc1ncc(S(=O)(=O)NCC2COCCO2)cc1Cl. The Morgan fingerprint density at radius 2 is 2.30 bits per heavy atom. The number of pyridine rings is 1. The fourth-order valence-corrected chi connectivity index (χ4v) is 3.05. The molecule has 2 rings (SSSR count). The average molecular weight is 322 g/mol. The number of rotatable bonds is 5. The molecule has 0 bridgehead atoms. The van der Waals surface area contributed by atoms with E-state index < -0.39 is 10.0 Å². The lowest BCUT2D eigenvalue weighted by Gasteiger charge is -2.23. The fraction of sp³-hybridized carbons (Fsp3) is 0.545. The van der Waals surface area contributed by atoms with Gasteiger partial charge >= 0.3 is 0 Å². The molecule has 1 unspecified atom stereocenters. The molecule has 0 spiro atoms. The van der Waals surface area contributed by atoms with Gasteiger partial charge in [0.25, 0.3) is 0 Å². The Bertz CT molecular complexity index is 561. The van der Waals surface area contributed by atoms with Gasteiger partial charge in [0.15, 0.2) is 0 Å². The second-order valence-corrected chi connectivity index (χ2v) is 6.35. The third-order valence-electron chi connectivity index (χ3n) is 2.75. The minimum atomic E-state index is -3.67. The summed E-state index contributed by atoms with van der Waals surface area (Å²) in [6.45, 7) is 1.53. The minimum absolute atomic E-state index is 0.0122. The summed E-state index contributed by atoms with van der Waals surface area (Å²) in [5.41, 5.74) is 0. The van der Waals surface area contributed by atoms with Crippen LogP contribution in [0.25, 0.3) is 0 Å². The molecule has 7 nitrogen and oxygen atoms in total. The first-order valence-corrected chi connectivity index (χ1v) is 7.91. The molecule has 9 heteroatoms. The van der Waals surface area contributed by atoms with E-state index in [0.717, 1.165) is 0 Å². The van der Waals surface area contributed by atoms with Gasteiger partial charge in [0.05, 0.1) is 30.9 Å². The monoisotopic (exact) mass is 321 g/mol. The molecule has 1 aromatic rings. The number of halogens is 1. The number of ether oxygens (including phenoxy) is 2. The van der Waals surface area contributed by atoms with E-state index in [-0.39, 0.29) is 22.6 Å². The molecule has 1 saturated heterocycles. The maximum Gasteiger partial charge on any atom is 0.242 e. The standard InChI is InChI=1S/C11H16ClN3O4S/c1-13-11-10(12)4-9(6-14-11)20(16,17)15-5-8-7-18-2-3-19-8/h4,6,8,15H,2-3,5,7H2,1H3,(H,13,14). The van der Waals surface area contributed by atoms with Crippen molar-refractivity contribution in [1.82, 2.24) is 9.71 Å². The van der Waals surface area contributed by atoms with Crippen LogP contribution in [0.2, 0.25) is 5.02 Å². The zero-order valence-electron chi connectivity index (χ0n) is 10.9. The second kappa shape index (κ2) is 6.68. The van der Waals surface area contributed by atoms with Crippen LogP contribution in [0.5, 0.6) is 0 Å². The molecule has 0 amide bonds. The molecule has 0 saturated carbocycles. The molecule has 0 radical (unpaired) electrons. The molecule has 2 heterocycles. The van der Waals surface area contributed by atoms with Crippen molar-refractivity contribution < 1.29 is 17.9 Å². The van der Waals surface area contributed by atoms with E-state index in [2.05, 4.69) is 15.0 Å². The van der Waals surface area contributed by atoms with Crippen LogP contribution in [0.3, 0.4) is 0 Å². The van der Waals surface area contributed by atoms with Gasteiger partial charge in [-0.05, 0) is 6.07 Å². The molecule has 1 aliphatic rings. The summed E-state index contributed by atoms with van der Waals surface area (Å²) in [5.74, 6) is 0.426. The Balaban J connectivity index is 2.04. The maximum atomic E-state index is 12.1. The van der Waals surface area contributed by atoms with Gasteiger partial charge in [0.2, 0.25) is 10.0 Å². The highest BCUT2D eigenvalue weighted by atomic mass is 35.5. The molecule has 112 valence electrons. The summed E-state index contributed by atoms with van der Waals surface area (Å²) >= 11 is 5.92. The third kappa shape index (κ3) is 3.80. The first-order valence-electron chi connectivity index (χ1n) is 6.05. The first kappa shape index (κ1) is 15.5. The predicted molar refractivity (Wildman–Crippen MR) is 74.5 cm³/mol. The highest BCUT2D eigenvalue weighted by Crippen LogP contribution is 2.21. The molecule has 0 aliphatic carbocycles. The topological polar surface area (TPSA) is 89.6 Å². The van der Waals surface area contributed by atoms with E-state index in [1.165, 1.54) is 12.3 Å². The summed E-state index contributed by atoms with van der Waals surface area (Å²) in [4.78, 5) is 3.95. The lowest BCUT2D eigenvalue weighted by molar-refractivity contribution is -0.0846. The number of aromatic nitrogens is 1. The van der Waals surface area contributed by atoms with Crippen LogP contribution >= 0.6 is 11.6 Å². The van der Waals surface area contributed by atoms with Crippen molar-refractivity contribution in [1.29, 1.82) is 0 Å². The van der Waals surface area contributed by atoms with Gasteiger partial charge in [-0.1, -0.05) is 11.6 Å². The largest absolute Gasteiger partial charge is 0.376 e. The lowest BCUT2D eigenvalue weighted by Crippen LogP contribution is -2.39. The van der Waals surface area contributed by atoms with Crippen molar-refractivity contribution in [2.24, 2.45) is 0 Å². The van der Waals surface area contributed by atoms with Crippen molar-refractivity contribution >= 4 is 27.4 Å². The van der Waals surface area contributed by atoms with E-state index in [1.54, 1.807) is 7.05 Å². The number of nitrogens with zero attached hydrogens (tertiary/aromatic N) is 1. The highest BCUT2D eigenvalue weighted by Gasteiger charge is 2.20. The van der Waals surface area contributed by atoms with Gasteiger partial charge < -0.3 is 14.8 Å². The van der Waals surface area contributed by atoms with E-state index in [1.807, 2.05) is 0 Å². The van der Waals surface area contributed by atoms with Crippen LogP contribution < -0.4 is 10.0 Å². The highest BCUT2D eigenvalue weighted by molar-refractivity contribution is 7.89. The van der Waals surface area contributed by atoms with Crippen LogP contribution in [0.1, 0.15) is 0 Å². The number of hydrogen-bond donors (Lipinski definition) is 2. The maximum absolute atomic E-state index is 12.1. The van der Waals surface area contributed by atoms with Crippen LogP contribution in [0.15, 0.2) is 17.2 Å². The minimum Gasteiger partial charge on any atom is -0.376 e. The van der Waals surface area contributed by atoms with Gasteiger partial charge in [-0.25, -0.2) is 18.1 Å². The summed E-state index contributed by atoms with van der Waals surface area (Å²) in [6.07, 6.45) is 0.969. The summed E-state index contributed by atoms with van der Waals surface area (Å²) in [7, 11) is -2.01. The Kier molecular flexibility index (Phi) is 5.17. The Morgan fingerprint density at radius 3 is 2.90 bits per heavy atom. The molecule has 1 atom stereocenters. The van der Waals surface area contributed by atoms with Gasteiger partial charge in [-0.15, -0.1) is 0 Å². The Hall–Kier alpha value is -0.930. The zero-order valence-corrected chi connectivity index (χ0v) is 12.5. The van der Waals surface area contributed by atoms with E-state index in [9.17, 15) is 8.42 Å². The summed E-state index contributed by atoms with van der Waals surface area (Å²) in [5, 5.41) is 3.01. The van der Waals surface area contributed by atoms with Gasteiger partial charge in [-0.2, -0.15) is 0 Å². The van der Waals surface area contributed by atoms with Gasteiger partial charge in [0, 0.05) is 19.8 Å². The quantitative estimate of drug-likeness (QED) is 0.819. The van der Waals surface area contributed by atoms with Gasteiger partial charge in [-0.3, -0.25) is 0 Å². The van der Waals surface area contributed by atoms with Crippen molar-refractivity contribution in [2.75, 3.05) is 38.7 Å². The molecule has 1 fully saturated rings. The zero-order chi connectivity index (χ0) is 14.6. The summed E-state index contributed by atoms with van der Waals surface area (Å²) < 4.78 is 37.2. The van der Waals surface area contributed by atoms with Crippen LogP contribution in [0, 0.1) is 0 Å². The van der Waals surface area contributed by atoms with Crippen LogP contribution in [0.4, 0.5) is 5.82 Å². The van der Waals surface area contributed by atoms with Crippen LogP contribution in [-0.4, -0.2) is 52.9 Å². The third-order valence-corrected chi connectivity index (χ3v) is 4.43. The number of nitrogens with one attached hydrogen (secondary N) is 2. The fourth-order valence-electron chi connectivity index (χ4n) is 1.69. The number of hydrogen-bond acceptors (Lipinski definition) is 6. The van der Waals surface area contributed by atoms with Crippen molar-refractivity contribution in [2.45, 2.75) is 11.0 Å². The van der Waals surface area contributed by atoms with E-state index in [4.69, 9.17) is 21.1 Å². The Morgan fingerprint density at radius 1 is 1.50 bits per heavy atom. The smallest absolute Gasteiger partial charge is 0.242 e. The second-order valence-electron chi connectivity index (χ2n) is 4.17. The van der Waals surface area contributed by atoms with Gasteiger partial charge in [0.1, 0.15) is 10.7 Å². The molecule has 2 N–H and O–H groups in total. The normalized spacial score (nSPS) is 19.8. The Labute approximate surface area is 122 Å². The molecule has 20 heavy (non-hydrogen) atoms. The first-order chi connectivity index (χ1) is 9.53. The van der Waals surface area contributed by atoms with Crippen LogP contribution in [-0.2, 0) is 19.5 Å². The van der Waals surface area contributed by atoms with Crippen molar-refractivity contribution in [3.05, 3.63) is 17.3 Å². The lowest BCUT2D eigenvalue weighted by atomic mass is 10.3. The van der Waals surface area contributed by atoms with Crippen molar-refractivity contribution in [3.8, 4) is 0 Å². The summed E-state index contributed by atoms with van der Waals surface area (Å²) in [6, 6.07) is 1.35.